The Balaban J connectivity index is 1.24. The van der Waals surface area contributed by atoms with Crippen molar-refractivity contribution >= 4 is 42.1 Å². The fourth-order valence-electron chi connectivity index (χ4n) is 7.40. The van der Waals surface area contributed by atoms with E-state index >= 15 is 0 Å². The zero-order valence-corrected chi connectivity index (χ0v) is 26.4. The van der Waals surface area contributed by atoms with Crippen molar-refractivity contribution < 1.29 is 28.8 Å². The summed E-state index contributed by atoms with van der Waals surface area (Å²) in [6, 6.07) is 21.5. The number of phenols is 1. The van der Waals surface area contributed by atoms with Crippen LogP contribution in [0.5, 0.6) is 5.75 Å². The number of hydrogen-bond donors (Lipinski definition) is 3. The Bertz CT molecular complexity index is 1670. The van der Waals surface area contributed by atoms with Gasteiger partial charge in [0.2, 0.25) is 11.8 Å². The Kier molecular flexibility index (Phi) is 9.16. The number of fused-ring (bicyclic) bond motifs is 3. The molecule has 1 aliphatic carbocycles. The second-order valence-electron chi connectivity index (χ2n) is 12.8. The largest absolute Gasteiger partial charge is 0.505 e. The number of rotatable bonds is 9. The molecule has 9 heteroatoms. The summed E-state index contributed by atoms with van der Waals surface area (Å²) >= 11 is 0. The minimum absolute atomic E-state index is 0.140. The molecule has 2 fully saturated rings. The molecule has 0 bridgehead atoms. The van der Waals surface area contributed by atoms with E-state index in [9.17, 15) is 24.1 Å². The maximum Gasteiger partial charge on any atom is 0.455 e. The van der Waals surface area contributed by atoms with E-state index in [1.807, 2.05) is 55.5 Å². The molecular weight excluding hydrogens is 582 g/mol. The molecule has 3 aromatic rings. The van der Waals surface area contributed by atoms with E-state index in [0.29, 0.717) is 30.5 Å². The van der Waals surface area contributed by atoms with Gasteiger partial charge in [-0.05, 0) is 104 Å². The van der Waals surface area contributed by atoms with Crippen LogP contribution in [0.4, 0.5) is 21.5 Å². The third-order valence-electron chi connectivity index (χ3n) is 9.65. The van der Waals surface area contributed by atoms with Crippen LogP contribution in [0.2, 0.25) is 6.32 Å². The smallest absolute Gasteiger partial charge is 0.455 e. The van der Waals surface area contributed by atoms with Gasteiger partial charge in [0.05, 0.1) is 23.6 Å². The highest BCUT2D eigenvalue weighted by Gasteiger charge is 2.57. The van der Waals surface area contributed by atoms with E-state index < -0.39 is 30.9 Å². The second kappa shape index (κ2) is 13.3. The molecule has 2 heterocycles. The minimum Gasteiger partial charge on any atom is -0.505 e. The number of amides is 2. The minimum atomic E-state index is -1.05. The number of halogens is 1. The van der Waals surface area contributed by atoms with E-state index in [0.717, 1.165) is 34.5 Å². The molecule has 4 atom stereocenters. The monoisotopic (exact) mass is 622 g/mol. The molecule has 3 aliphatic rings. The zero-order chi connectivity index (χ0) is 32.5. The van der Waals surface area contributed by atoms with Crippen LogP contribution in [-0.2, 0) is 14.2 Å². The number of para-hydroxylation sites is 1. The van der Waals surface area contributed by atoms with Crippen LogP contribution < -0.4 is 10.2 Å². The van der Waals surface area contributed by atoms with Gasteiger partial charge in [-0.15, -0.1) is 0 Å². The average Bonchev–Trinajstić information content (AvgIpc) is 3.30. The summed E-state index contributed by atoms with van der Waals surface area (Å²) in [5.74, 6) is -2.67. The molecule has 46 heavy (non-hydrogen) atoms. The first-order valence-electron chi connectivity index (χ1n) is 16.2. The lowest BCUT2D eigenvalue weighted by atomic mass is 9.57. The Labute approximate surface area is 269 Å². The summed E-state index contributed by atoms with van der Waals surface area (Å²) < 4.78 is 20.1. The summed E-state index contributed by atoms with van der Waals surface area (Å²) in [7, 11) is -1.05. The van der Waals surface area contributed by atoms with E-state index in [1.165, 1.54) is 17.0 Å². The number of hydrogen-bond acceptors (Lipinski definition) is 6. The molecule has 0 aromatic heterocycles. The summed E-state index contributed by atoms with van der Waals surface area (Å²) in [4.78, 5) is 29.4. The van der Waals surface area contributed by atoms with Gasteiger partial charge in [0.1, 0.15) is 0 Å². The third-order valence-corrected chi connectivity index (χ3v) is 9.65. The van der Waals surface area contributed by atoms with Crippen LogP contribution in [-0.4, -0.2) is 35.2 Å². The van der Waals surface area contributed by atoms with Crippen LogP contribution in [0.3, 0.4) is 0 Å². The summed E-state index contributed by atoms with van der Waals surface area (Å²) in [5, 5.41) is 23.8. The van der Waals surface area contributed by atoms with Gasteiger partial charge >= 0.3 is 7.12 Å². The Morgan fingerprint density at radius 3 is 2.43 bits per heavy atom. The maximum atomic E-state index is 14.1. The number of phenolic OH excluding ortho intramolecular Hbond substituents is 1. The molecule has 238 valence electrons. The third kappa shape index (κ3) is 6.26. The summed E-state index contributed by atoms with van der Waals surface area (Å²) in [5.41, 5.74) is 6.27. The van der Waals surface area contributed by atoms with Gasteiger partial charge in [-0.2, -0.15) is 0 Å². The molecule has 0 spiro atoms. The first-order valence-corrected chi connectivity index (χ1v) is 16.2. The number of nitrogens with zero attached hydrogens (tertiary/aromatic N) is 1. The normalized spacial score (nSPS) is 23.2. The van der Waals surface area contributed by atoms with E-state index in [1.54, 1.807) is 18.2 Å². The Morgan fingerprint density at radius 1 is 1.04 bits per heavy atom. The van der Waals surface area contributed by atoms with Crippen LogP contribution in [0, 0.1) is 29.5 Å². The molecule has 2 amide bonds. The predicted octanol–water partition coefficient (Wildman–Crippen LogP) is 7.51. The summed E-state index contributed by atoms with van der Waals surface area (Å²) in [6.07, 6.45) is 4.24. The lowest BCUT2D eigenvalue weighted by molar-refractivity contribution is -0.122. The van der Waals surface area contributed by atoms with Gasteiger partial charge in [-0.3, -0.25) is 14.5 Å². The fraction of sp³-hybridized carbons (Fsp3) is 0.351. The SMILES string of the molecule is CC/C(=C\c1ccc(O)c(F)c1)CC[C@H]1OB(O)C[C@H]2C1=C(C(C)C)C[C@H]1C(=O)N(c3ccc(Nc4ccccc4)cc3)C(=O)[C@H]12. The van der Waals surface area contributed by atoms with Gasteiger partial charge < -0.3 is 20.1 Å². The number of benzene rings is 3. The molecular formula is C37H40BFN2O5. The highest BCUT2D eigenvalue weighted by molar-refractivity contribution is 6.43. The number of aromatic hydroxyl groups is 1. The van der Waals surface area contributed by atoms with Crippen molar-refractivity contribution in [2.75, 3.05) is 10.2 Å². The van der Waals surface area contributed by atoms with Gasteiger partial charge in [0.25, 0.3) is 0 Å². The average molecular weight is 623 g/mol. The number of carbonyl (C=O) groups excluding carboxylic acids is 2. The Hall–Kier alpha value is -4.21. The van der Waals surface area contributed by atoms with Crippen LogP contribution in [0.15, 0.2) is 89.5 Å². The van der Waals surface area contributed by atoms with Gasteiger partial charge in [0.15, 0.2) is 11.6 Å². The van der Waals surface area contributed by atoms with Crippen molar-refractivity contribution in [1.82, 2.24) is 0 Å². The molecule has 6 rings (SSSR count). The molecule has 2 aliphatic heterocycles. The number of anilines is 3. The topological polar surface area (TPSA) is 99.1 Å². The molecule has 2 saturated heterocycles. The van der Waals surface area contributed by atoms with Crippen LogP contribution in [0.1, 0.15) is 52.0 Å². The van der Waals surface area contributed by atoms with Crippen molar-refractivity contribution in [3.05, 3.63) is 101 Å². The van der Waals surface area contributed by atoms with Crippen molar-refractivity contribution in [3.8, 4) is 5.75 Å². The quantitative estimate of drug-likeness (QED) is 0.130. The van der Waals surface area contributed by atoms with Crippen molar-refractivity contribution in [1.29, 1.82) is 0 Å². The van der Waals surface area contributed by atoms with Gasteiger partial charge in [-0.1, -0.05) is 62.3 Å². The zero-order valence-electron chi connectivity index (χ0n) is 26.4. The lowest BCUT2D eigenvalue weighted by Crippen LogP contribution is -2.46. The first-order chi connectivity index (χ1) is 22.1. The predicted molar refractivity (Wildman–Crippen MR) is 179 cm³/mol. The number of allylic oxidation sites excluding steroid dienone is 2. The first kappa shape index (κ1) is 31.8. The maximum absolute atomic E-state index is 14.1. The molecule has 0 radical (unpaired) electrons. The highest BCUT2D eigenvalue weighted by atomic mass is 19.1. The van der Waals surface area contributed by atoms with Crippen molar-refractivity contribution in [2.24, 2.45) is 23.7 Å². The highest BCUT2D eigenvalue weighted by Crippen LogP contribution is 2.52. The number of carbonyl (C=O) groups is 2. The molecule has 0 saturated carbocycles. The lowest BCUT2D eigenvalue weighted by Gasteiger charge is -2.44. The van der Waals surface area contributed by atoms with E-state index in [-0.39, 0.29) is 35.7 Å². The van der Waals surface area contributed by atoms with E-state index in [2.05, 4.69) is 19.2 Å². The fourth-order valence-corrected chi connectivity index (χ4v) is 7.40. The van der Waals surface area contributed by atoms with E-state index in [4.69, 9.17) is 4.65 Å². The van der Waals surface area contributed by atoms with Crippen LogP contribution in [0.25, 0.3) is 6.08 Å². The van der Waals surface area contributed by atoms with Crippen molar-refractivity contribution in [2.45, 2.75) is 58.9 Å². The van der Waals surface area contributed by atoms with Gasteiger partial charge in [-0.25, -0.2) is 4.39 Å². The van der Waals surface area contributed by atoms with Gasteiger partial charge in [0, 0.05) is 11.4 Å². The molecule has 7 nitrogen and oxygen atoms in total. The molecule has 3 N–H and O–H groups in total. The second-order valence-corrected chi connectivity index (χ2v) is 12.8. The molecule has 3 aromatic carbocycles. The standard InChI is InChI=1S/C37H40BFN2O5/c1-4-23(18-24-10-16-32(42)31(39)19-24)11-17-33-34-28(22(2)3)20-29-35(30(34)21-38(45)46-33)37(44)41(36(29)43)27-14-12-26(13-15-27)40-25-8-6-5-7-9-25/h5-10,12-16,18-19,22,29-30,33,35,40,42,45H,4,11,17,20-21H2,1-3H3/b23-18+/t29-,30+,33-,35-/m1/s1. The number of imide groups is 1. The Morgan fingerprint density at radius 2 is 1.76 bits per heavy atom. The van der Waals surface area contributed by atoms with Crippen molar-refractivity contribution in [3.63, 3.8) is 0 Å². The summed E-state index contributed by atoms with van der Waals surface area (Å²) in [6.45, 7) is 6.25. The number of nitrogens with one attached hydrogen (secondary N) is 1. The molecule has 0 unspecified atom stereocenters. The van der Waals surface area contributed by atoms with Crippen LogP contribution >= 0.6 is 0 Å².